The van der Waals surface area contributed by atoms with Gasteiger partial charge in [0.25, 0.3) is 5.56 Å². The van der Waals surface area contributed by atoms with Gasteiger partial charge in [-0.15, -0.1) is 0 Å². The molecule has 5 heteroatoms. The fraction of sp³-hybridized carbons (Fsp3) is 0.353. The second kappa shape index (κ2) is 6.13. The van der Waals surface area contributed by atoms with E-state index in [0.29, 0.717) is 11.6 Å². The fourth-order valence-electron chi connectivity index (χ4n) is 2.04. The van der Waals surface area contributed by atoms with E-state index in [2.05, 4.69) is 53.4 Å². The molecule has 2 aromatic rings. The molecule has 0 atom stereocenters. The van der Waals surface area contributed by atoms with E-state index in [4.69, 9.17) is 0 Å². The lowest BCUT2D eigenvalue weighted by Gasteiger charge is -2.19. The van der Waals surface area contributed by atoms with Gasteiger partial charge in [0.15, 0.2) is 0 Å². The smallest absolute Gasteiger partial charge is 0.252 e. The molecule has 0 bridgehead atoms. The first-order valence-corrected chi connectivity index (χ1v) is 7.25. The molecule has 0 radical (unpaired) electrons. The Balaban J connectivity index is 2.17. The number of hydrazone groups is 1. The fourth-order valence-corrected chi connectivity index (χ4v) is 2.04. The van der Waals surface area contributed by atoms with Gasteiger partial charge >= 0.3 is 0 Å². The average molecular weight is 298 g/mol. The molecule has 1 aromatic carbocycles. The Kier molecular flexibility index (Phi) is 4.45. The van der Waals surface area contributed by atoms with Gasteiger partial charge in [0.05, 0.1) is 5.71 Å². The number of aryl methyl sites for hydroxylation is 1. The minimum absolute atomic E-state index is 0.132. The van der Waals surface area contributed by atoms with Crippen LogP contribution in [-0.2, 0) is 5.41 Å². The maximum Gasteiger partial charge on any atom is 0.252 e. The maximum atomic E-state index is 11.4. The molecule has 0 spiro atoms. The minimum Gasteiger partial charge on any atom is -0.291 e. The Hall–Kier alpha value is -2.43. The van der Waals surface area contributed by atoms with Crippen LogP contribution in [0.5, 0.6) is 0 Å². The number of hydrogen-bond acceptors (Lipinski definition) is 4. The molecule has 0 unspecified atom stereocenters. The van der Waals surface area contributed by atoms with E-state index in [1.54, 1.807) is 6.92 Å². The molecule has 0 aliphatic rings. The van der Waals surface area contributed by atoms with E-state index in [-0.39, 0.29) is 11.0 Å². The van der Waals surface area contributed by atoms with Crippen molar-refractivity contribution in [3.05, 3.63) is 57.5 Å². The van der Waals surface area contributed by atoms with E-state index < -0.39 is 0 Å². The molecule has 0 saturated carbocycles. The number of benzene rings is 1. The zero-order valence-corrected chi connectivity index (χ0v) is 13.7. The highest BCUT2D eigenvalue weighted by molar-refractivity contribution is 5.99. The van der Waals surface area contributed by atoms with Crippen LogP contribution in [0.1, 0.15) is 44.5 Å². The third kappa shape index (κ3) is 4.04. The quantitative estimate of drug-likeness (QED) is 0.675. The number of anilines is 1. The highest BCUT2D eigenvalue weighted by Gasteiger charge is 2.13. The van der Waals surface area contributed by atoms with Crippen molar-refractivity contribution >= 4 is 11.7 Å². The third-order valence-electron chi connectivity index (χ3n) is 3.37. The molecule has 22 heavy (non-hydrogen) atoms. The highest BCUT2D eigenvalue weighted by atomic mass is 16.1. The Morgan fingerprint density at radius 3 is 2.41 bits per heavy atom. The molecule has 116 valence electrons. The van der Waals surface area contributed by atoms with Crippen molar-refractivity contribution < 1.29 is 0 Å². The Labute approximate surface area is 130 Å². The SMILES string of the molecule is C/C(=N/Nc1nc(C)cc(=O)[nH]1)c1ccc(C(C)(C)C)cc1. The number of nitrogens with one attached hydrogen (secondary N) is 2. The summed E-state index contributed by atoms with van der Waals surface area (Å²) in [5, 5.41) is 4.27. The molecule has 0 saturated heterocycles. The predicted molar refractivity (Wildman–Crippen MR) is 90.6 cm³/mol. The van der Waals surface area contributed by atoms with E-state index in [0.717, 1.165) is 11.3 Å². The summed E-state index contributed by atoms with van der Waals surface area (Å²) in [7, 11) is 0. The molecule has 0 amide bonds. The second-order valence-corrected chi connectivity index (χ2v) is 6.37. The minimum atomic E-state index is -0.197. The van der Waals surface area contributed by atoms with Crippen molar-refractivity contribution in [2.75, 3.05) is 5.43 Å². The molecular weight excluding hydrogens is 276 g/mol. The van der Waals surface area contributed by atoms with Gasteiger partial charge in [-0.3, -0.25) is 9.78 Å². The molecule has 0 fully saturated rings. The van der Waals surface area contributed by atoms with Crippen molar-refractivity contribution in [3.8, 4) is 0 Å². The Bertz CT molecular complexity index is 736. The van der Waals surface area contributed by atoms with Gasteiger partial charge in [-0.25, -0.2) is 10.4 Å². The van der Waals surface area contributed by atoms with Crippen LogP contribution < -0.4 is 11.0 Å². The number of hydrogen-bond donors (Lipinski definition) is 2. The number of aromatic nitrogens is 2. The number of aromatic amines is 1. The molecular formula is C17H22N4O. The number of rotatable bonds is 3. The summed E-state index contributed by atoms with van der Waals surface area (Å²) in [6.07, 6.45) is 0. The van der Waals surface area contributed by atoms with Crippen LogP contribution in [0.25, 0.3) is 0 Å². The van der Waals surface area contributed by atoms with Crippen molar-refractivity contribution in [2.45, 2.75) is 40.0 Å². The number of nitrogens with zero attached hydrogens (tertiary/aromatic N) is 2. The Morgan fingerprint density at radius 2 is 1.86 bits per heavy atom. The van der Waals surface area contributed by atoms with Crippen LogP contribution in [-0.4, -0.2) is 15.7 Å². The molecule has 1 heterocycles. The molecule has 1 aromatic heterocycles. The average Bonchev–Trinajstić information content (AvgIpc) is 2.43. The summed E-state index contributed by atoms with van der Waals surface area (Å²) < 4.78 is 0. The van der Waals surface area contributed by atoms with Crippen LogP contribution >= 0.6 is 0 Å². The van der Waals surface area contributed by atoms with E-state index in [1.165, 1.54) is 11.6 Å². The third-order valence-corrected chi connectivity index (χ3v) is 3.37. The molecule has 5 nitrogen and oxygen atoms in total. The van der Waals surface area contributed by atoms with Gasteiger partial charge in [-0.05, 0) is 30.4 Å². The first-order valence-electron chi connectivity index (χ1n) is 7.25. The maximum absolute atomic E-state index is 11.4. The first kappa shape index (κ1) is 15.9. The molecule has 0 aliphatic heterocycles. The van der Waals surface area contributed by atoms with Crippen molar-refractivity contribution in [1.82, 2.24) is 9.97 Å². The van der Waals surface area contributed by atoms with Gasteiger partial charge in [0.2, 0.25) is 5.95 Å². The van der Waals surface area contributed by atoms with Crippen LogP contribution in [0.4, 0.5) is 5.95 Å². The van der Waals surface area contributed by atoms with Crippen molar-refractivity contribution in [3.63, 3.8) is 0 Å². The van der Waals surface area contributed by atoms with Gasteiger partial charge in [-0.2, -0.15) is 5.10 Å². The zero-order valence-electron chi connectivity index (χ0n) is 13.7. The number of H-pyrrole nitrogens is 1. The van der Waals surface area contributed by atoms with E-state index in [9.17, 15) is 4.79 Å². The first-order chi connectivity index (χ1) is 10.3. The van der Waals surface area contributed by atoms with E-state index in [1.807, 2.05) is 19.1 Å². The van der Waals surface area contributed by atoms with Crippen molar-refractivity contribution in [2.24, 2.45) is 5.10 Å². The van der Waals surface area contributed by atoms with Crippen LogP contribution in [0.2, 0.25) is 0 Å². The predicted octanol–water partition coefficient (Wildman–Crippen LogP) is 3.21. The van der Waals surface area contributed by atoms with Gasteiger partial charge < -0.3 is 0 Å². The van der Waals surface area contributed by atoms with Gasteiger partial charge in [0, 0.05) is 11.8 Å². The highest BCUT2D eigenvalue weighted by Crippen LogP contribution is 2.22. The second-order valence-electron chi connectivity index (χ2n) is 6.37. The zero-order chi connectivity index (χ0) is 16.3. The summed E-state index contributed by atoms with van der Waals surface area (Å²) in [4.78, 5) is 18.1. The lowest BCUT2D eigenvalue weighted by molar-refractivity contribution is 0.590. The summed E-state index contributed by atoms with van der Waals surface area (Å²) in [5.74, 6) is 0.343. The molecule has 2 N–H and O–H groups in total. The topological polar surface area (TPSA) is 70.1 Å². The molecule has 0 aliphatic carbocycles. The largest absolute Gasteiger partial charge is 0.291 e. The van der Waals surface area contributed by atoms with Crippen LogP contribution in [0, 0.1) is 6.92 Å². The van der Waals surface area contributed by atoms with Gasteiger partial charge in [0.1, 0.15) is 0 Å². The van der Waals surface area contributed by atoms with Crippen LogP contribution in [0.3, 0.4) is 0 Å². The Morgan fingerprint density at radius 1 is 1.23 bits per heavy atom. The standard InChI is InChI=1S/C17H22N4O/c1-11-10-15(22)19-16(18-11)21-20-12(2)13-6-8-14(9-7-13)17(3,4)5/h6-10H,1-5H3,(H2,18,19,21,22)/b20-12-. The summed E-state index contributed by atoms with van der Waals surface area (Å²) >= 11 is 0. The molecule has 2 rings (SSSR count). The van der Waals surface area contributed by atoms with Crippen LogP contribution in [0.15, 0.2) is 40.2 Å². The van der Waals surface area contributed by atoms with Crippen molar-refractivity contribution in [1.29, 1.82) is 0 Å². The monoisotopic (exact) mass is 298 g/mol. The summed E-state index contributed by atoms with van der Waals surface area (Å²) in [6.45, 7) is 10.2. The normalized spacial score (nSPS) is 12.3. The van der Waals surface area contributed by atoms with Gasteiger partial charge in [-0.1, -0.05) is 45.0 Å². The lowest BCUT2D eigenvalue weighted by atomic mass is 9.86. The summed E-state index contributed by atoms with van der Waals surface area (Å²) in [5.41, 5.74) is 6.50. The lowest BCUT2D eigenvalue weighted by Crippen LogP contribution is -2.12. The van der Waals surface area contributed by atoms with E-state index >= 15 is 0 Å². The summed E-state index contributed by atoms with van der Waals surface area (Å²) in [6, 6.07) is 9.76.